The summed E-state index contributed by atoms with van der Waals surface area (Å²) in [5.74, 6) is 1.08. The number of unbranched alkanes of at least 4 members (excludes halogenated alkanes) is 1. The van der Waals surface area contributed by atoms with Gasteiger partial charge >= 0.3 is 5.97 Å². The highest BCUT2D eigenvalue weighted by molar-refractivity contribution is 6.17. The molecular weight excluding hydrogens is 240 g/mol. The van der Waals surface area contributed by atoms with Crippen LogP contribution in [0.2, 0.25) is 0 Å². The predicted octanol–water partition coefficient (Wildman–Crippen LogP) is 3.32. The van der Waals surface area contributed by atoms with Crippen molar-refractivity contribution in [1.82, 2.24) is 0 Å². The minimum atomic E-state index is -0.255. The molecule has 1 aromatic carbocycles. The molecular formula is C13H15ClO3. The van der Waals surface area contributed by atoms with Gasteiger partial charge in [0.2, 0.25) is 0 Å². The van der Waals surface area contributed by atoms with E-state index in [0.717, 1.165) is 24.8 Å². The summed E-state index contributed by atoms with van der Waals surface area (Å²) in [6.45, 7) is 0. The van der Waals surface area contributed by atoms with Crippen LogP contribution in [0.5, 0.6) is 5.75 Å². The molecule has 0 saturated heterocycles. The van der Waals surface area contributed by atoms with E-state index in [1.807, 2.05) is 12.1 Å². The third-order valence-electron chi connectivity index (χ3n) is 2.93. The van der Waals surface area contributed by atoms with Crippen molar-refractivity contribution in [3.8, 4) is 5.75 Å². The molecule has 17 heavy (non-hydrogen) atoms. The molecule has 1 aliphatic rings. The molecule has 0 N–H and O–H groups in total. The lowest BCUT2D eigenvalue weighted by atomic mass is 10.0. The monoisotopic (exact) mass is 254 g/mol. The first kappa shape index (κ1) is 12.2. The number of cyclic esters (lactones) is 1. The van der Waals surface area contributed by atoms with Crippen molar-refractivity contribution in [2.75, 3.05) is 13.0 Å². The van der Waals surface area contributed by atoms with E-state index < -0.39 is 0 Å². The minimum absolute atomic E-state index is 0.119. The van der Waals surface area contributed by atoms with Gasteiger partial charge in [-0.15, -0.1) is 11.6 Å². The lowest BCUT2D eigenvalue weighted by Gasteiger charge is -2.09. The van der Waals surface area contributed by atoms with Crippen molar-refractivity contribution >= 4 is 17.6 Å². The molecule has 1 atom stereocenters. The first-order chi connectivity index (χ1) is 8.26. The first-order valence-electron chi connectivity index (χ1n) is 5.71. The summed E-state index contributed by atoms with van der Waals surface area (Å²) in [5.41, 5.74) is 1.59. The molecule has 2 rings (SSSR count). The van der Waals surface area contributed by atoms with E-state index in [-0.39, 0.29) is 12.1 Å². The van der Waals surface area contributed by atoms with E-state index in [2.05, 4.69) is 0 Å². The fourth-order valence-electron chi connectivity index (χ4n) is 2.01. The number of rotatable bonds is 5. The van der Waals surface area contributed by atoms with Gasteiger partial charge in [-0.05, 0) is 31.4 Å². The molecule has 1 aromatic rings. The number of benzene rings is 1. The third-order valence-corrected chi connectivity index (χ3v) is 3.19. The maximum atomic E-state index is 11.7. The van der Waals surface area contributed by atoms with Crippen LogP contribution in [0.1, 0.15) is 41.3 Å². The SMILES string of the molecule is COc1ccc2c(c1)C(=O)OC2CCCCCl. The minimum Gasteiger partial charge on any atom is -0.497 e. The molecule has 0 radical (unpaired) electrons. The van der Waals surface area contributed by atoms with Crippen LogP contribution in [0.15, 0.2) is 18.2 Å². The van der Waals surface area contributed by atoms with Crippen LogP contribution < -0.4 is 4.74 Å². The molecule has 4 heteroatoms. The van der Waals surface area contributed by atoms with Crippen LogP contribution in [0.25, 0.3) is 0 Å². The Hall–Kier alpha value is -1.22. The lowest BCUT2D eigenvalue weighted by Crippen LogP contribution is -1.98. The Bertz CT molecular complexity index is 417. The van der Waals surface area contributed by atoms with Crippen LogP contribution in [-0.4, -0.2) is 19.0 Å². The number of methoxy groups -OCH3 is 1. The van der Waals surface area contributed by atoms with Gasteiger partial charge in [0.15, 0.2) is 0 Å². The van der Waals surface area contributed by atoms with Crippen molar-refractivity contribution in [2.45, 2.75) is 25.4 Å². The van der Waals surface area contributed by atoms with Crippen molar-refractivity contribution in [3.63, 3.8) is 0 Å². The smallest absolute Gasteiger partial charge is 0.339 e. The van der Waals surface area contributed by atoms with Crippen molar-refractivity contribution < 1.29 is 14.3 Å². The number of hydrogen-bond acceptors (Lipinski definition) is 3. The van der Waals surface area contributed by atoms with Crippen LogP contribution >= 0.6 is 11.6 Å². The first-order valence-corrected chi connectivity index (χ1v) is 6.24. The summed E-state index contributed by atoms with van der Waals surface area (Å²) >= 11 is 5.63. The molecule has 0 bridgehead atoms. The summed E-state index contributed by atoms with van der Waals surface area (Å²) in [7, 11) is 1.58. The largest absolute Gasteiger partial charge is 0.497 e. The topological polar surface area (TPSA) is 35.5 Å². The Kier molecular flexibility index (Phi) is 3.89. The molecule has 92 valence electrons. The normalized spacial score (nSPS) is 17.8. The highest BCUT2D eigenvalue weighted by Gasteiger charge is 2.30. The Morgan fingerprint density at radius 1 is 1.41 bits per heavy atom. The van der Waals surface area contributed by atoms with Crippen molar-refractivity contribution in [2.24, 2.45) is 0 Å². The molecule has 3 nitrogen and oxygen atoms in total. The summed E-state index contributed by atoms with van der Waals surface area (Å²) < 4.78 is 10.4. The molecule has 0 aromatic heterocycles. The van der Waals surface area contributed by atoms with E-state index in [1.165, 1.54) is 0 Å². The number of halogens is 1. The summed E-state index contributed by atoms with van der Waals surface area (Å²) in [5, 5.41) is 0. The molecule has 0 aliphatic carbocycles. The fourth-order valence-corrected chi connectivity index (χ4v) is 2.20. The summed E-state index contributed by atoms with van der Waals surface area (Å²) in [4.78, 5) is 11.7. The second-order valence-corrected chi connectivity index (χ2v) is 4.41. The molecule has 0 amide bonds. The highest BCUT2D eigenvalue weighted by atomic mass is 35.5. The molecule has 0 fully saturated rings. The van der Waals surface area contributed by atoms with Gasteiger partial charge in [-0.25, -0.2) is 4.79 Å². The predicted molar refractivity (Wildman–Crippen MR) is 65.7 cm³/mol. The van der Waals surface area contributed by atoms with E-state index in [9.17, 15) is 4.79 Å². The van der Waals surface area contributed by atoms with Crippen LogP contribution in [-0.2, 0) is 4.74 Å². The Labute approximate surface area is 106 Å². The Morgan fingerprint density at radius 3 is 2.94 bits per heavy atom. The van der Waals surface area contributed by atoms with Crippen LogP contribution in [0.3, 0.4) is 0 Å². The molecule has 1 heterocycles. The van der Waals surface area contributed by atoms with Gasteiger partial charge in [-0.2, -0.15) is 0 Å². The van der Waals surface area contributed by atoms with Gasteiger partial charge in [0.1, 0.15) is 11.9 Å². The zero-order valence-corrected chi connectivity index (χ0v) is 10.5. The van der Waals surface area contributed by atoms with Gasteiger partial charge in [-0.3, -0.25) is 0 Å². The zero-order valence-electron chi connectivity index (χ0n) is 9.74. The van der Waals surface area contributed by atoms with E-state index in [4.69, 9.17) is 21.1 Å². The van der Waals surface area contributed by atoms with Crippen molar-refractivity contribution in [3.05, 3.63) is 29.3 Å². The van der Waals surface area contributed by atoms with Gasteiger partial charge in [0.25, 0.3) is 0 Å². The highest BCUT2D eigenvalue weighted by Crippen LogP contribution is 2.35. The number of carbonyl (C=O) groups excluding carboxylic acids is 1. The summed E-state index contributed by atoms with van der Waals surface area (Å²) in [6.07, 6.45) is 2.62. The molecule has 1 unspecified atom stereocenters. The number of carbonyl (C=O) groups is 1. The molecule has 0 spiro atoms. The Morgan fingerprint density at radius 2 is 2.24 bits per heavy atom. The van der Waals surface area contributed by atoms with Gasteiger partial charge < -0.3 is 9.47 Å². The van der Waals surface area contributed by atoms with E-state index in [1.54, 1.807) is 13.2 Å². The van der Waals surface area contributed by atoms with Crippen LogP contribution in [0, 0.1) is 0 Å². The molecule has 1 aliphatic heterocycles. The zero-order chi connectivity index (χ0) is 12.3. The second kappa shape index (κ2) is 5.41. The number of hydrogen-bond donors (Lipinski definition) is 0. The second-order valence-electron chi connectivity index (χ2n) is 4.03. The average Bonchev–Trinajstić information content (AvgIpc) is 2.66. The van der Waals surface area contributed by atoms with E-state index >= 15 is 0 Å². The van der Waals surface area contributed by atoms with Gasteiger partial charge in [0.05, 0.1) is 12.7 Å². The Balaban J connectivity index is 2.14. The van der Waals surface area contributed by atoms with Crippen molar-refractivity contribution in [1.29, 1.82) is 0 Å². The number of alkyl halides is 1. The maximum Gasteiger partial charge on any atom is 0.339 e. The number of esters is 1. The summed E-state index contributed by atoms with van der Waals surface area (Å²) in [6, 6.07) is 5.50. The quantitative estimate of drug-likeness (QED) is 0.459. The fraction of sp³-hybridized carbons (Fsp3) is 0.462. The van der Waals surface area contributed by atoms with Gasteiger partial charge in [0, 0.05) is 11.4 Å². The third kappa shape index (κ3) is 2.55. The standard InChI is InChI=1S/C13H15ClO3/c1-16-9-5-6-10-11(8-9)13(15)17-12(10)4-2-3-7-14/h5-6,8,12H,2-4,7H2,1H3. The number of fused-ring (bicyclic) bond motifs is 1. The van der Waals surface area contributed by atoms with E-state index in [0.29, 0.717) is 17.2 Å². The number of ether oxygens (including phenoxy) is 2. The van der Waals surface area contributed by atoms with Gasteiger partial charge in [-0.1, -0.05) is 6.07 Å². The lowest BCUT2D eigenvalue weighted by molar-refractivity contribution is 0.0364. The molecule has 0 saturated carbocycles. The average molecular weight is 255 g/mol. The van der Waals surface area contributed by atoms with Crippen LogP contribution in [0.4, 0.5) is 0 Å². The maximum absolute atomic E-state index is 11.7.